The summed E-state index contributed by atoms with van der Waals surface area (Å²) in [5.74, 6) is -1.19. The first kappa shape index (κ1) is 16.6. The Labute approximate surface area is 121 Å². The zero-order valence-corrected chi connectivity index (χ0v) is 12.5. The molecule has 0 fully saturated rings. The van der Waals surface area contributed by atoms with E-state index in [2.05, 4.69) is 16.9 Å². The maximum Gasteiger partial charge on any atom is 0.373 e. The number of unbranched alkanes of at least 4 members (excludes halogenated alkanes) is 8. The first-order chi connectivity index (χ1) is 9.74. The summed E-state index contributed by atoms with van der Waals surface area (Å²) in [6.07, 6.45) is 16.0. The van der Waals surface area contributed by atoms with E-state index in [-0.39, 0.29) is 5.82 Å². The molecule has 4 heteroatoms. The quantitative estimate of drug-likeness (QED) is 0.615. The van der Waals surface area contributed by atoms with Gasteiger partial charge in [0.2, 0.25) is 5.82 Å². The summed E-state index contributed by atoms with van der Waals surface area (Å²) in [7, 11) is 0. The Balaban J connectivity index is 2.02. The van der Waals surface area contributed by atoms with Crippen LogP contribution in [0.15, 0.2) is 12.4 Å². The molecular formula is C16H26N2O2. The van der Waals surface area contributed by atoms with Crippen molar-refractivity contribution in [3.05, 3.63) is 23.8 Å². The number of carboxylic acids is 1. The maximum absolute atomic E-state index is 10.6. The molecule has 112 valence electrons. The smallest absolute Gasteiger partial charge is 0.373 e. The first-order valence-corrected chi connectivity index (χ1v) is 7.78. The van der Waals surface area contributed by atoms with Crippen LogP contribution in [0.25, 0.3) is 0 Å². The van der Waals surface area contributed by atoms with Gasteiger partial charge in [-0.3, -0.25) is 0 Å². The first-order valence-electron chi connectivity index (χ1n) is 7.78. The van der Waals surface area contributed by atoms with E-state index in [0.29, 0.717) is 0 Å². The molecule has 0 unspecified atom stereocenters. The van der Waals surface area contributed by atoms with Crippen molar-refractivity contribution < 1.29 is 9.90 Å². The van der Waals surface area contributed by atoms with E-state index in [0.717, 1.165) is 18.4 Å². The molecule has 0 atom stereocenters. The molecule has 0 radical (unpaired) electrons. The van der Waals surface area contributed by atoms with Gasteiger partial charge in [0.25, 0.3) is 0 Å². The van der Waals surface area contributed by atoms with Crippen molar-refractivity contribution in [2.75, 3.05) is 0 Å². The third kappa shape index (κ3) is 7.22. The SMILES string of the molecule is CCCCCCCCCCCc1cnc(C(=O)O)nc1. The lowest BCUT2D eigenvalue weighted by Gasteiger charge is -2.02. The Bertz CT molecular complexity index is 377. The predicted octanol–water partition coefficient (Wildman–Crippen LogP) is 4.25. The lowest BCUT2D eigenvalue weighted by atomic mass is 10.1. The highest BCUT2D eigenvalue weighted by Crippen LogP contribution is 2.11. The number of carbonyl (C=O) groups is 1. The lowest BCUT2D eigenvalue weighted by Crippen LogP contribution is -2.04. The van der Waals surface area contributed by atoms with Gasteiger partial charge in [-0.15, -0.1) is 0 Å². The van der Waals surface area contributed by atoms with Gasteiger partial charge in [0, 0.05) is 12.4 Å². The fourth-order valence-electron chi connectivity index (χ4n) is 2.23. The highest BCUT2D eigenvalue weighted by molar-refractivity contribution is 5.82. The van der Waals surface area contributed by atoms with Gasteiger partial charge in [-0.05, 0) is 18.4 Å². The molecule has 20 heavy (non-hydrogen) atoms. The van der Waals surface area contributed by atoms with E-state index >= 15 is 0 Å². The van der Waals surface area contributed by atoms with Gasteiger partial charge in [-0.1, -0.05) is 58.3 Å². The third-order valence-electron chi connectivity index (χ3n) is 3.47. The summed E-state index contributed by atoms with van der Waals surface area (Å²) in [6, 6.07) is 0. The Morgan fingerprint density at radius 3 is 1.95 bits per heavy atom. The second-order valence-corrected chi connectivity index (χ2v) is 5.30. The second-order valence-electron chi connectivity index (χ2n) is 5.30. The number of aromatic nitrogens is 2. The number of nitrogens with zero attached hydrogens (tertiary/aromatic N) is 2. The van der Waals surface area contributed by atoms with Crippen LogP contribution in [0, 0.1) is 0 Å². The van der Waals surface area contributed by atoms with Gasteiger partial charge in [0.15, 0.2) is 0 Å². The topological polar surface area (TPSA) is 63.1 Å². The predicted molar refractivity (Wildman–Crippen MR) is 79.9 cm³/mol. The van der Waals surface area contributed by atoms with Crippen LogP contribution in [-0.4, -0.2) is 21.0 Å². The second kappa shape index (κ2) is 10.4. The minimum atomic E-state index is -1.07. The molecule has 0 saturated heterocycles. The molecule has 4 nitrogen and oxygen atoms in total. The average Bonchev–Trinajstić information content (AvgIpc) is 2.46. The van der Waals surface area contributed by atoms with Crippen LogP contribution < -0.4 is 0 Å². The summed E-state index contributed by atoms with van der Waals surface area (Å²) in [6.45, 7) is 2.24. The van der Waals surface area contributed by atoms with Crippen LogP contribution in [0.3, 0.4) is 0 Å². The van der Waals surface area contributed by atoms with Crippen LogP contribution >= 0.6 is 0 Å². The molecule has 1 N–H and O–H groups in total. The molecule has 0 amide bonds. The summed E-state index contributed by atoms with van der Waals surface area (Å²) in [5, 5.41) is 8.70. The summed E-state index contributed by atoms with van der Waals surface area (Å²) >= 11 is 0. The molecule has 0 saturated carbocycles. The maximum atomic E-state index is 10.6. The number of aromatic carboxylic acids is 1. The molecule has 1 heterocycles. The van der Waals surface area contributed by atoms with Crippen molar-refractivity contribution in [3.8, 4) is 0 Å². The molecule has 0 aliphatic rings. The number of aryl methyl sites for hydroxylation is 1. The fourth-order valence-corrected chi connectivity index (χ4v) is 2.23. The molecule has 0 aromatic carbocycles. The van der Waals surface area contributed by atoms with E-state index in [4.69, 9.17) is 5.11 Å². The minimum absolute atomic E-state index is 0.124. The molecule has 1 aromatic heterocycles. The van der Waals surface area contributed by atoms with Gasteiger partial charge in [0.05, 0.1) is 0 Å². The van der Waals surface area contributed by atoms with Crippen LogP contribution in [0.1, 0.15) is 80.9 Å². The number of hydrogen-bond acceptors (Lipinski definition) is 3. The van der Waals surface area contributed by atoms with Crippen LogP contribution in [0.4, 0.5) is 0 Å². The van der Waals surface area contributed by atoms with Crippen molar-refractivity contribution in [2.45, 2.75) is 71.1 Å². The molecule has 0 spiro atoms. The monoisotopic (exact) mass is 278 g/mol. The molecule has 0 aliphatic carbocycles. The van der Waals surface area contributed by atoms with E-state index in [1.807, 2.05) is 0 Å². The fraction of sp³-hybridized carbons (Fsp3) is 0.688. The number of hydrogen-bond donors (Lipinski definition) is 1. The van der Waals surface area contributed by atoms with Gasteiger partial charge >= 0.3 is 5.97 Å². The minimum Gasteiger partial charge on any atom is -0.475 e. The van der Waals surface area contributed by atoms with Crippen molar-refractivity contribution in [2.24, 2.45) is 0 Å². The zero-order valence-electron chi connectivity index (χ0n) is 12.5. The van der Waals surface area contributed by atoms with Crippen molar-refractivity contribution in [3.63, 3.8) is 0 Å². The van der Waals surface area contributed by atoms with Gasteiger partial charge in [-0.25, -0.2) is 14.8 Å². The third-order valence-corrected chi connectivity index (χ3v) is 3.47. The standard InChI is InChI=1S/C16H26N2O2/c1-2-3-4-5-6-7-8-9-10-11-14-12-17-15(16(19)20)18-13-14/h12-13H,2-11H2,1H3,(H,19,20). The summed E-state index contributed by atoms with van der Waals surface area (Å²) in [5.41, 5.74) is 1.03. The lowest BCUT2D eigenvalue weighted by molar-refractivity contribution is 0.0683. The van der Waals surface area contributed by atoms with Crippen molar-refractivity contribution >= 4 is 5.97 Å². The molecule has 0 aliphatic heterocycles. The summed E-state index contributed by atoms with van der Waals surface area (Å²) < 4.78 is 0. The van der Waals surface area contributed by atoms with E-state index in [1.165, 1.54) is 51.4 Å². The largest absolute Gasteiger partial charge is 0.475 e. The molecule has 1 aromatic rings. The van der Waals surface area contributed by atoms with Gasteiger partial charge in [0.1, 0.15) is 0 Å². The van der Waals surface area contributed by atoms with Crippen LogP contribution in [0.5, 0.6) is 0 Å². The number of carboxylic acid groups (broad SMARTS) is 1. The number of rotatable bonds is 11. The van der Waals surface area contributed by atoms with Crippen molar-refractivity contribution in [1.82, 2.24) is 9.97 Å². The Hall–Kier alpha value is -1.45. The Morgan fingerprint density at radius 1 is 0.950 bits per heavy atom. The van der Waals surface area contributed by atoms with Crippen molar-refractivity contribution in [1.29, 1.82) is 0 Å². The highest BCUT2D eigenvalue weighted by Gasteiger charge is 2.05. The van der Waals surface area contributed by atoms with E-state index in [9.17, 15) is 4.79 Å². The molecule has 0 bridgehead atoms. The van der Waals surface area contributed by atoms with E-state index in [1.54, 1.807) is 12.4 Å². The normalized spacial score (nSPS) is 10.7. The van der Waals surface area contributed by atoms with Gasteiger partial charge < -0.3 is 5.11 Å². The Kier molecular flexibility index (Phi) is 8.59. The highest BCUT2D eigenvalue weighted by atomic mass is 16.4. The Morgan fingerprint density at radius 2 is 1.45 bits per heavy atom. The van der Waals surface area contributed by atoms with Gasteiger partial charge in [-0.2, -0.15) is 0 Å². The average molecular weight is 278 g/mol. The molecular weight excluding hydrogens is 252 g/mol. The zero-order chi connectivity index (χ0) is 14.6. The van der Waals surface area contributed by atoms with Crippen LogP contribution in [-0.2, 0) is 6.42 Å². The van der Waals surface area contributed by atoms with Crippen LogP contribution in [0.2, 0.25) is 0 Å². The molecule has 1 rings (SSSR count). The summed E-state index contributed by atoms with van der Waals surface area (Å²) in [4.78, 5) is 18.3. The van der Waals surface area contributed by atoms with E-state index < -0.39 is 5.97 Å².